The summed E-state index contributed by atoms with van der Waals surface area (Å²) < 4.78 is 15.6. The normalized spacial score (nSPS) is 13.6. The van der Waals surface area contributed by atoms with Gasteiger partial charge in [-0.25, -0.2) is 9.37 Å². The van der Waals surface area contributed by atoms with E-state index in [-0.39, 0.29) is 19.0 Å². The quantitative estimate of drug-likeness (QED) is 0.415. The molecule has 0 radical (unpaired) electrons. The van der Waals surface area contributed by atoms with Crippen molar-refractivity contribution >= 4 is 11.3 Å². The number of hydrogen-bond donors (Lipinski definition) is 2. The van der Waals surface area contributed by atoms with Crippen molar-refractivity contribution < 1.29 is 26.6 Å². The minimum Gasteiger partial charge on any atom is -1.00 e. The first-order chi connectivity index (χ1) is 14.5. The molecule has 0 aliphatic heterocycles. The zero-order valence-corrected chi connectivity index (χ0v) is 18.1. The number of hydrogen-bond acceptors (Lipinski definition) is 5. The maximum absolute atomic E-state index is 14.0. The maximum atomic E-state index is 14.0. The van der Waals surface area contributed by atoms with Crippen molar-refractivity contribution in [3.8, 4) is 17.3 Å². The van der Waals surface area contributed by atoms with Gasteiger partial charge in [0.25, 0.3) is 0 Å². The average Bonchev–Trinajstić information content (AvgIpc) is 3.45. The number of aromatic nitrogens is 4. The van der Waals surface area contributed by atoms with E-state index in [1.54, 1.807) is 35.3 Å². The summed E-state index contributed by atoms with van der Waals surface area (Å²) in [5.74, 6) is -0.836. The predicted octanol–water partition coefficient (Wildman–Crippen LogP) is 0.527. The monoisotopic (exact) mass is 455 g/mol. The number of rotatable bonds is 6. The van der Waals surface area contributed by atoms with E-state index < -0.39 is 17.3 Å². The van der Waals surface area contributed by atoms with Gasteiger partial charge in [-0.3, -0.25) is 0 Å². The molecule has 0 unspecified atom stereocenters. The third-order valence-corrected chi connectivity index (χ3v) is 6.19. The summed E-state index contributed by atoms with van der Waals surface area (Å²) in [6, 6.07) is 15.3. The van der Waals surface area contributed by atoms with E-state index in [4.69, 9.17) is 10.2 Å². The molecular formula is C22H19ClFN5OS. The van der Waals surface area contributed by atoms with Gasteiger partial charge < -0.3 is 17.5 Å². The summed E-state index contributed by atoms with van der Waals surface area (Å²) in [6.07, 6.45) is 3.09. The zero-order valence-electron chi connectivity index (χ0n) is 16.5. The molecule has 0 saturated carbocycles. The number of aromatic amines is 1. The smallest absolute Gasteiger partial charge is 0.306 e. The predicted molar refractivity (Wildman–Crippen MR) is 110 cm³/mol. The zero-order chi connectivity index (χ0) is 21.1. The van der Waals surface area contributed by atoms with Crippen LogP contribution in [0.3, 0.4) is 0 Å². The van der Waals surface area contributed by atoms with E-state index in [2.05, 4.69) is 16.2 Å². The van der Waals surface area contributed by atoms with Gasteiger partial charge in [-0.1, -0.05) is 31.2 Å². The van der Waals surface area contributed by atoms with E-state index >= 15 is 0 Å². The topological polar surface area (TPSA) is 89.5 Å². The first-order valence-corrected chi connectivity index (χ1v) is 10.2. The van der Waals surface area contributed by atoms with Gasteiger partial charge in [-0.2, -0.15) is 15.0 Å². The molecule has 31 heavy (non-hydrogen) atoms. The minimum atomic E-state index is -1.42. The van der Waals surface area contributed by atoms with Crippen molar-refractivity contribution in [2.24, 2.45) is 0 Å². The lowest BCUT2D eigenvalue weighted by atomic mass is 9.82. The standard InChI is InChI=1S/C22H18FN5OS.ClH/c1-15(21-27-20(11-30-21)17-7-5-16(10-24)6-8-17)22(29,12-28-14-25-13-26-28)18-3-2-4-19(23)9-18;/h2-9,11,13-15,29H,12H2,1H3;1H/t15-,22+;/m0./s1. The lowest BCUT2D eigenvalue weighted by molar-refractivity contribution is -0.764. The summed E-state index contributed by atoms with van der Waals surface area (Å²) in [5.41, 5.74) is 1.29. The van der Waals surface area contributed by atoms with Crippen molar-refractivity contribution in [2.45, 2.75) is 25.0 Å². The number of nitrogens with zero attached hydrogens (tertiary/aromatic N) is 4. The number of benzene rings is 2. The average molecular weight is 456 g/mol. The second-order valence-electron chi connectivity index (χ2n) is 7.07. The van der Waals surface area contributed by atoms with Crippen LogP contribution in [0.5, 0.6) is 0 Å². The number of nitriles is 1. The van der Waals surface area contributed by atoms with Crippen LogP contribution in [-0.4, -0.2) is 20.2 Å². The molecule has 0 aliphatic rings. The van der Waals surface area contributed by atoms with Crippen molar-refractivity contribution in [1.82, 2.24) is 15.1 Å². The Labute approximate surface area is 189 Å². The van der Waals surface area contributed by atoms with Gasteiger partial charge in [0.05, 0.1) is 22.3 Å². The third-order valence-electron chi connectivity index (χ3n) is 5.16. The van der Waals surface area contributed by atoms with E-state index in [0.717, 1.165) is 16.3 Å². The molecule has 0 fully saturated rings. The molecule has 0 bridgehead atoms. The molecule has 2 aromatic carbocycles. The van der Waals surface area contributed by atoms with Gasteiger partial charge in [-0.15, -0.1) is 11.3 Å². The molecule has 6 nitrogen and oxygen atoms in total. The molecule has 0 spiro atoms. The van der Waals surface area contributed by atoms with Gasteiger partial charge in [0.2, 0.25) is 6.33 Å². The molecule has 4 aromatic rings. The van der Waals surface area contributed by atoms with E-state index in [9.17, 15) is 9.50 Å². The highest BCUT2D eigenvalue weighted by Crippen LogP contribution is 2.39. The molecule has 0 saturated heterocycles. The van der Waals surface area contributed by atoms with Crippen LogP contribution in [-0.2, 0) is 12.1 Å². The van der Waals surface area contributed by atoms with Crippen molar-refractivity contribution in [2.75, 3.05) is 0 Å². The Hall–Kier alpha value is -3.12. The summed E-state index contributed by atoms with van der Waals surface area (Å²) >= 11 is 1.44. The first-order valence-electron chi connectivity index (χ1n) is 9.32. The van der Waals surface area contributed by atoms with Crippen LogP contribution in [0.4, 0.5) is 4.39 Å². The fourth-order valence-electron chi connectivity index (χ4n) is 3.38. The Morgan fingerprint density at radius 1 is 1.29 bits per heavy atom. The maximum Gasteiger partial charge on any atom is 0.306 e. The van der Waals surface area contributed by atoms with Gasteiger partial charge in [0.1, 0.15) is 18.0 Å². The molecule has 9 heteroatoms. The van der Waals surface area contributed by atoms with Crippen LogP contribution in [0.1, 0.15) is 29.0 Å². The first kappa shape index (κ1) is 22.6. The van der Waals surface area contributed by atoms with Crippen LogP contribution >= 0.6 is 11.3 Å². The number of aliphatic hydroxyl groups is 1. The van der Waals surface area contributed by atoms with Crippen molar-refractivity contribution in [1.29, 1.82) is 5.26 Å². The number of H-pyrrole nitrogens is 1. The van der Waals surface area contributed by atoms with Gasteiger partial charge in [0, 0.05) is 16.9 Å². The summed E-state index contributed by atoms with van der Waals surface area (Å²) in [5, 5.41) is 26.3. The fraction of sp³-hybridized carbons (Fsp3) is 0.182. The number of thiazole rings is 1. The summed E-state index contributed by atoms with van der Waals surface area (Å²) in [7, 11) is 0. The second kappa shape index (κ2) is 9.35. The van der Waals surface area contributed by atoms with Crippen LogP contribution in [0.25, 0.3) is 11.3 Å². The van der Waals surface area contributed by atoms with E-state index in [1.807, 2.05) is 24.4 Å². The Bertz CT molecular complexity index is 1190. The Morgan fingerprint density at radius 3 is 2.71 bits per heavy atom. The number of halogens is 2. The van der Waals surface area contributed by atoms with Crippen molar-refractivity contribution in [3.05, 3.63) is 88.5 Å². The fourth-order valence-corrected chi connectivity index (χ4v) is 4.35. The molecule has 2 atom stereocenters. The van der Waals surface area contributed by atoms with Crippen LogP contribution in [0.15, 0.2) is 66.6 Å². The highest BCUT2D eigenvalue weighted by molar-refractivity contribution is 7.10. The number of nitrogens with one attached hydrogen (secondary N) is 1. The van der Waals surface area contributed by atoms with Crippen LogP contribution in [0, 0.1) is 17.1 Å². The SMILES string of the molecule is C[C@@H](c1nc(-c2ccc(C#N)cc2)cs1)[C@](O)(C[n+]1cnc[nH]1)c1cccc(F)c1.[Cl-]. The molecule has 0 amide bonds. The van der Waals surface area contributed by atoms with Crippen LogP contribution in [0.2, 0.25) is 0 Å². The molecule has 4 rings (SSSR count). The molecule has 0 aliphatic carbocycles. The summed E-state index contributed by atoms with van der Waals surface area (Å²) in [4.78, 5) is 8.72. The Kier molecular flexibility index (Phi) is 6.81. The molecule has 2 N–H and O–H groups in total. The van der Waals surface area contributed by atoms with Crippen LogP contribution < -0.4 is 17.1 Å². The van der Waals surface area contributed by atoms with Gasteiger partial charge in [-0.05, 0) is 34.8 Å². The minimum absolute atomic E-state index is 0. The molecule has 2 heterocycles. The van der Waals surface area contributed by atoms with E-state index in [1.165, 1.54) is 29.8 Å². The van der Waals surface area contributed by atoms with E-state index in [0.29, 0.717) is 11.1 Å². The third kappa shape index (κ3) is 4.64. The molecule has 158 valence electrons. The Balaban J connectivity index is 0.00000272. The second-order valence-corrected chi connectivity index (χ2v) is 7.96. The van der Waals surface area contributed by atoms with Crippen molar-refractivity contribution in [3.63, 3.8) is 0 Å². The highest BCUT2D eigenvalue weighted by Gasteiger charge is 2.41. The Morgan fingerprint density at radius 2 is 2.06 bits per heavy atom. The largest absolute Gasteiger partial charge is 1.00 e. The highest BCUT2D eigenvalue weighted by atomic mass is 35.5. The van der Waals surface area contributed by atoms with Gasteiger partial charge in [0.15, 0.2) is 0 Å². The lowest BCUT2D eigenvalue weighted by Gasteiger charge is -2.31. The van der Waals surface area contributed by atoms with Gasteiger partial charge >= 0.3 is 6.33 Å². The lowest BCUT2D eigenvalue weighted by Crippen LogP contribution is -3.00. The summed E-state index contributed by atoms with van der Waals surface area (Å²) in [6.45, 7) is 2.03. The molecular weight excluding hydrogens is 437 g/mol. The molecule has 2 aromatic heterocycles.